The van der Waals surface area contributed by atoms with Crippen molar-refractivity contribution >= 4 is 47.8 Å². The summed E-state index contributed by atoms with van der Waals surface area (Å²) >= 11 is 8.05. The van der Waals surface area contributed by atoms with Crippen molar-refractivity contribution in [1.82, 2.24) is 0 Å². The molecule has 2 rings (SSSR count). The van der Waals surface area contributed by atoms with Crippen LogP contribution >= 0.6 is 47.8 Å². The predicted molar refractivity (Wildman–Crippen MR) is 111 cm³/mol. The molecule has 0 aromatic heterocycles. The van der Waals surface area contributed by atoms with E-state index in [4.69, 9.17) is 20.8 Å². The highest BCUT2D eigenvalue weighted by atomic mass is 79.9. The van der Waals surface area contributed by atoms with Crippen molar-refractivity contribution in [2.45, 2.75) is 12.8 Å². The number of hydrogen-bond acceptors (Lipinski definition) is 2. The molecular weight excluding hydrogens is 526 g/mol. The Kier molecular flexibility index (Phi) is 9.07. The molecule has 0 saturated carbocycles. The minimum Gasteiger partial charge on any atom is -0.508 e. The molecule has 1 N–H and O–H groups in total. The summed E-state index contributed by atoms with van der Waals surface area (Å²) in [6, 6.07) is 9.88. The van der Waals surface area contributed by atoms with E-state index >= 15 is 0 Å². The van der Waals surface area contributed by atoms with Gasteiger partial charge in [-0.25, -0.2) is 8.78 Å². The maximum atomic E-state index is 12.6. The highest BCUT2D eigenvalue weighted by Gasteiger charge is 1.93. The van der Waals surface area contributed by atoms with E-state index in [1.54, 1.807) is 0 Å². The summed E-state index contributed by atoms with van der Waals surface area (Å²) in [5.41, 5.74) is 0. The summed E-state index contributed by atoms with van der Waals surface area (Å²) < 4.78 is 86.4. The molecule has 2 aromatic rings. The minimum atomic E-state index is -2.16. The first-order valence-electron chi connectivity index (χ1n) is 10.6. The summed E-state index contributed by atoms with van der Waals surface area (Å²) in [6.45, 7) is -2.16. The molecule has 0 fully saturated rings. The van der Waals surface area contributed by atoms with Gasteiger partial charge in [0, 0.05) is 24.1 Å². The molecule has 7 heteroatoms. The van der Waals surface area contributed by atoms with Gasteiger partial charge in [0.05, 0.1) is 9.30 Å². The Morgan fingerprint density at radius 3 is 1.60 bits per heavy atom. The van der Waals surface area contributed by atoms with Crippen LogP contribution in [0.4, 0.5) is 8.78 Å². The molecule has 2 nitrogen and oxygen atoms in total. The number of ether oxygens (including phenoxy) is 1. The standard InChI is InChI=1S/C9H10BrFO.C6H5FO.C3H6Br2/c10-6-1-7-12-9-4-2-8(11)3-5-9;7-5-1-3-6(8)4-2-5;4-2-1-3-5/h2-5H,1,6-7H2;1-4,8H;1-3H2/i6D2,7D2;;2D2,3D2. The second-order valence-corrected chi connectivity index (χ2v) is 5.61. The Morgan fingerprint density at radius 1 is 0.800 bits per heavy atom. The molecule has 0 amide bonds. The van der Waals surface area contributed by atoms with E-state index < -0.39 is 34.6 Å². The van der Waals surface area contributed by atoms with Crippen molar-refractivity contribution in [3.63, 3.8) is 0 Å². The average molecular weight is 555 g/mol. The molecule has 0 unspecified atom stereocenters. The third-order valence-electron chi connectivity index (χ3n) is 2.10. The van der Waals surface area contributed by atoms with Crippen LogP contribution in [0, 0.1) is 11.6 Å². The van der Waals surface area contributed by atoms with Crippen molar-refractivity contribution < 1.29 is 29.6 Å². The average Bonchev–Trinajstić information content (AvgIpc) is 2.55. The number of hydrogen-bond donors (Lipinski definition) is 1. The van der Waals surface area contributed by atoms with E-state index in [0.717, 1.165) is 12.1 Å². The zero-order chi connectivity index (χ0) is 26.1. The number of benzene rings is 2. The van der Waals surface area contributed by atoms with Gasteiger partial charge in [-0.2, -0.15) is 0 Å². The fourth-order valence-electron chi connectivity index (χ4n) is 1.12. The van der Waals surface area contributed by atoms with Gasteiger partial charge in [-0.15, -0.1) is 0 Å². The SMILES string of the molecule is Oc1ccc(F)cc1.[2H]C([2H])(Br)CC([2H])([2H])Br.[2H]C([2H])(Br)CC([2H])([2H])Oc1ccc(F)cc1. The molecule has 0 aliphatic carbocycles. The van der Waals surface area contributed by atoms with E-state index in [0.29, 0.717) is 0 Å². The van der Waals surface area contributed by atoms with E-state index in [1.165, 1.54) is 36.4 Å². The summed E-state index contributed by atoms with van der Waals surface area (Å²) in [7, 11) is 0. The van der Waals surface area contributed by atoms with E-state index in [1.807, 2.05) is 0 Å². The van der Waals surface area contributed by atoms with Crippen molar-refractivity contribution in [3.8, 4) is 11.5 Å². The van der Waals surface area contributed by atoms with Gasteiger partial charge in [0.15, 0.2) is 0 Å². The molecule has 140 valence electrons. The van der Waals surface area contributed by atoms with Crippen LogP contribution in [0.15, 0.2) is 48.5 Å². The maximum absolute atomic E-state index is 12.6. The summed E-state index contributed by atoms with van der Waals surface area (Å²) in [5.74, 6) is -0.527. The van der Waals surface area contributed by atoms with Gasteiger partial charge in [-0.1, -0.05) is 47.8 Å². The van der Waals surface area contributed by atoms with Crippen LogP contribution in [0.1, 0.15) is 23.8 Å². The van der Waals surface area contributed by atoms with Gasteiger partial charge in [-0.3, -0.25) is 0 Å². The summed E-state index contributed by atoms with van der Waals surface area (Å²) in [5, 5.41) is 3.49. The van der Waals surface area contributed by atoms with E-state index in [2.05, 4.69) is 47.8 Å². The van der Waals surface area contributed by atoms with Gasteiger partial charge in [0.1, 0.15) is 23.1 Å². The van der Waals surface area contributed by atoms with Crippen molar-refractivity contribution in [1.29, 1.82) is 0 Å². The number of halogens is 5. The molecule has 2 aromatic carbocycles. The molecular formula is C18H21Br3F2O2. The lowest BCUT2D eigenvalue weighted by atomic mass is 10.3. The van der Waals surface area contributed by atoms with Crippen molar-refractivity contribution in [2.24, 2.45) is 0 Å². The molecule has 0 radical (unpaired) electrons. The Morgan fingerprint density at radius 2 is 1.24 bits per heavy atom. The number of aromatic hydroxyl groups is 1. The van der Waals surface area contributed by atoms with Crippen LogP contribution in [0.5, 0.6) is 11.5 Å². The van der Waals surface area contributed by atoms with Crippen LogP contribution < -0.4 is 4.74 Å². The third kappa shape index (κ3) is 15.3. The fourth-order valence-corrected chi connectivity index (χ4v) is 1.89. The Labute approximate surface area is 184 Å². The third-order valence-corrected chi connectivity index (χ3v) is 2.94. The molecule has 0 aliphatic rings. The zero-order valence-electron chi connectivity index (χ0n) is 20.8. The second-order valence-electron chi connectivity index (χ2n) is 3.93. The van der Waals surface area contributed by atoms with Gasteiger partial charge < -0.3 is 9.84 Å². The van der Waals surface area contributed by atoms with Gasteiger partial charge in [-0.05, 0) is 61.4 Å². The van der Waals surface area contributed by atoms with Crippen LogP contribution in [0.3, 0.4) is 0 Å². The van der Waals surface area contributed by atoms with Crippen molar-refractivity contribution in [2.75, 3.05) is 22.4 Å². The smallest absolute Gasteiger partial charge is 0.123 e. The lowest BCUT2D eigenvalue weighted by molar-refractivity contribution is 0.318. The number of phenols is 1. The van der Waals surface area contributed by atoms with Gasteiger partial charge in [0.2, 0.25) is 0 Å². The quantitative estimate of drug-likeness (QED) is 0.403. The number of phenolic OH excluding ortho intramolecular Hbond substituents is 1. The predicted octanol–water partition coefficient (Wildman–Crippen LogP) is 6.69. The van der Waals surface area contributed by atoms with E-state index in [-0.39, 0.29) is 23.7 Å². The number of alkyl halides is 3. The first kappa shape index (κ1) is 13.5. The fraction of sp³-hybridized carbons (Fsp3) is 0.333. The second kappa shape index (κ2) is 16.8. The molecule has 0 saturated heterocycles. The van der Waals surface area contributed by atoms with Crippen molar-refractivity contribution in [3.05, 3.63) is 60.2 Å². The van der Waals surface area contributed by atoms with Gasteiger partial charge in [0.25, 0.3) is 0 Å². The normalized spacial score (nSPS) is 16.4. The van der Waals surface area contributed by atoms with Crippen LogP contribution in [-0.4, -0.2) is 27.5 Å². The molecule has 0 heterocycles. The Hall–Kier alpha value is -0.660. The van der Waals surface area contributed by atoms with Crippen LogP contribution in [0.2, 0.25) is 0 Å². The highest BCUT2D eigenvalue weighted by molar-refractivity contribution is 9.09. The lowest BCUT2D eigenvalue weighted by Gasteiger charge is -2.03. The maximum Gasteiger partial charge on any atom is 0.123 e. The highest BCUT2D eigenvalue weighted by Crippen LogP contribution is 2.11. The topological polar surface area (TPSA) is 29.5 Å². The summed E-state index contributed by atoms with van der Waals surface area (Å²) in [4.78, 5) is 0. The van der Waals surface area contributed by atoms with Crippen LogP contribution in [-0.2, 0) is 0 Å². The number of rotatable bonds is 6. The van der Waals surface area contributed by atoms with Crippen LogP contribution in [0.25, 0.3) is 0 Å². The Balaban J connectivity index is 0.000000510. The lowest BCUT2D eigenvalue weighted by Crippen LogP contribution is -1.97. The molecule has 25 heavy (non-hydrogen) atoms. The molecule has 0 bridgehead atoms. The van der Waals surface area contributed by atoms with Gasteiger partial charge >= 0.3 is 0 Å². The molecule has 0 aliphatic heterocycles. The Bertz CT molecular complexity index is 792. The molecule has 0 spiro atoms. The largest absolute Gasteiger partial charge is 0.508 e. The van der Waals surface area contributed by atoms with E-state index in [9.17, 15) is 8.78 Å². The monoisotopic (exact) mass is 552 g/mol. The summed E-state index contributed by atoms with van der Waals surface area (Å²) in [6.07, 6.45) is -0.683. The minimum absolute atomic E-state index is 0.0893. The zero-order valence-corrected chi connectivity index (χ0v) is 17.5. The first-order chi connectivity index (χ1) is 14.7. The first-order valence-corrected chi connectivity index (χ1v) is 9.01. The molecule has 0 atom stereocenters.